The number of halogens is 3. The van der Waals surface area contributed by atoms with E-state index in [1.807, 2.05) is 13.1 Å². The van der Waals surface area contributed by atoms with E-state index in [9.17, 15) is 26.4 Å². The van der Waals surface area contributed by atoms with Crippen LogP contribution in [-0.4, -0.2) is 61.7 Å². The summed E-state index contributed by atoms with van der Waals surface area (Å²) in [6.45, 7) is -0.0141. The van der Waals surface area contributed by atoms with Gasteiger partial charge in [-0.25, -0.2) is 13.1 Å². The number of carbonyl (C=O) groups is 1. The lowest BCUT2D eigenvalue weighted by Gasteiger charge is -2.38. The Kier molecular flexibility index (Phi) is 6.38. The zero-order chi connectivity index (χ0) is 25.0. The largest absolute Gasteiger partial charge is 0.405 e. The van der Waals surface area contributed by atoms with E-state index in [0.717, 1.165) is 10.9 Å². The molecule has 1 aromatic heterocycles. The Morgan fingerprint density at radius 1 is 1.09 bits per heavy atom. The summed E-state index contributed by atoms with van der Waals surface area (Å²) < 4.78 is 70.2. The first kappa shape index (κ1) is 24.6. The zero-order valence-corrected chi connectivity index (χ0v) is 20.5. The molecule has 2 aromatic rings. The Morgan fingerprint density at radius 2 is 1.80 bits per heavy atom. The van der Waals surface area contributed by atoms with E-state index in [0.29, 0.717) is 31.6 Å². The number of alkyl halides is 3. The first-order valence-corrected chi connectivity index (χ1v) is 13.7. The number of hydrogen-bond acceptors (Lipinski definition) is 4. The summed E-state index contributed by atoms with van der Waals surface area (Å²) in [6, 6.07) is 5.29. The van der Waals surface area contributed by atoms with Crippen molar-refractivity contribution < 1.29 is 26.4 Å². The van der Waals surface area contributed by atoms with Gasteiger partial charge in [-0.05, 0) is 68.0 Å². The Labute approximate surface area is 203 Å². The number of carbonyl (C=O) groups excluding carboxylic acids is 1. The first-order chi connectivity index (χ1) is 16.5. The number of amides is 1. The molecule has 1 aromatic carbocycles. The molecule has 11 heteroatoms. The van der Waals surface area contributed by atoms with Crippen molar-refractivity contribution in [3.05, 3.63) is 30.0 Å². The van der Waals surface area contributed by atoms with Gasteiger partial charge in [-0.3, -0.25) is 4.79 Å². The second kappa shape index (κ2) is 9.08. The highest BCUT2D eigenvalue weighted by Crippen LogP contribution is 2.42. The molecule has 3 fully saturated rings. The second-order valence-corrected chi connectivity index (χ2v) is 11.8. The Balaban J connectivity index is 1.20. The highest BCUT2D eigenvalue weighted by Gasteiger charge is 2.44. The number of piperazine rings is 1. The van der Waals surface area contributed by atoms with Crippen LogP contribution in [0.3, 0.4) is 0 Å². The molecule has 3 aliphatic rings. The van der Waals surface area contributed by atoms with Crippen molar-refractivity contribution in [2.24, 2.45) is 13.0 Å². The van der Waals surface area contributed by atoms with E-state index in [2.05, 4.69) is 20.7 Å². The highest BCUT2D eigenvalue weighted by atomic mass is 32.2. The van der Waals surface area contributed by atoms with E-state index in [1.54, 1.807) is 12.1 Å². The molecule has 1 amide bonds. The SMILES string of the molecule is Cn1c(C2CC2)cc2ccc(S(=O)(=O)NC3CCC(C(=O)N4CCNC(C(F)(F)F)C4)CC3)cc21. The van der Waals surface area contributed by atoms with Crippen LogP contribution in [0.5, 0.6) is 0 Å². The van der Waals surface area contributed by atoms with Crippen molar-refractivity contribution in [1.82, 2.24) is 19.5 Å². The van der Waals surface area contributed by atoms with Crippen LogP contribution in [0, 0.1) is 5.92 Å². The monoisotopic (exact) mass is 512 g/mol. The molecule has 5 rings (SSSR count). The van der Waals surface area contributed by atoms with Crippen molar-refractivity contribution in [3.63, 3.8) is 0 Å². The predicted molar refractivity (Wildman–Crippen MR) is 125 cm³/mol. The maximum absolute atomic E-state index is 13.1. The highest BCUT2D eigenvalue weighted by molar-refractivity contribution is 7.89. The maximum atomic E-state index is 13.1. The van der Waals surface area contributed by atoms with E-state index in [1.165, 1.54) is 23.4 Å². The minimum Gasteiger partial charge on any atom is -0.347 e. The minimum absolute atomic E-state index is 0.110. The Bertz CT molecular complexity index is 1210. The molecule has 1 saturated heterocycles. The Morgan fingerprint density at radius 3 is 2.46 bits per heavy atom. The summed E-state index contributed by atoms with van der Waals surface area (Å²) in [5.41, 5.74) is 2.12. The number of aryl methyl sites for hydroxylation is 1. The van der Waals surface area contributed by atoms with Gasteiger partial charge < -0.3 is 14.8 Å². The van der Waals surface area contributed by atoms with Crippen molar-refractivity contribution >= 4 is 26.8 Å². The van der Waals surface area contributed by atoms with Gasteiger partial charge >= 0.3 is 6.18 Å². The molecule has 0 radical (unpaired) electrons. The van der Waals surface area contributed by atoms with Crippen LogP contribution in [0.2, 0.25) is 0 Å². The van der Waals surface area contributed by atoms with E-state index in [4.69, 9.17) is 0 Å². The third-order valence-electron chi connectivity index (χ3n) is 7.64. The second-order valence-electron chi connectivity index (χ2n) is 10.1. The van der Waals surface area contributed by atoms with Crippen LogP contribution in [0.25, 0.3) is 10.9 Å². The van der Waals surface area contributed by atoms with Crippen LogP contribution in [0.1, 0.15) is 50.1 Å². The predicted octanol–water partition coefficient (Wildman–Crippen LogP) is 3.26. The zero-order valence-electron chi connectivity index (χ0n) is 19.6. The molecular weight excluding hydrogens is 481 g/mol. The Hall–Kier alpha value is -2.11. The number of nitrogens with zero attached hydrogens (tertiary/aromatic N) is 2. The van der Waals surface area contributed by atoms with Crippen LogP contribution >= 0.6 is 0 Å². The molecule has 1 atom stereocenters. The van der Waals surface area contributed by atoms with E-state index in [-0.39, 0.29) is 42.4 Å². The standard InChI is InChI=1S/C24H31F3N4O3S/c1-30-20(15-2-3-15)12-17-6-9-19(13-21(17)30)35(33,34)29-18-7-4-16(5-8-18)23(32)31-11-10-28-22(14-31)24(25,26)27/h6,9,12-13,15-16,18,22,28-29H,2-5,7-8,10-11,14H2,1H3. The minimum atomic E-state index is -4.39. The fraction of sp³-hybridized carbons (Fsp3) is 0.625. The number of sulfonamides is 1. The average Bonchev–Trinajstić information content (AvgIpc) is 3.62. The van der Waals surface area contributed by atoms with E-state index < -0.39 is 22.2 Å². The number of fused-ring (bicyclic) bond motifs is 1. The molecule has 0 spiro atoms. The van der Waals surface area contributed by atoms with Gasteiger partial charge in [-0.1, -0.05) is 6.07 Å². The first-order valence-electron chi connectivity index (χ1n) is 12.2. The molecular formula is C24H31F3N4O3S. The summed E-state index contributed by atoms with van der Waals surface area (Å²) in [6.07, 6.45) is -0.205. The van der Waals surface area contributed by atoms with Gasteiger partial charge in [0.15, 0.2) is 0 Å². The number of rotatable bonds is 5. The fourth-order valence-electron chi connectivity index (χ4n) is 5.44. The summed E-state index contributed by atoms with van der Waals surface area (Å²) in [5.74, 6) is -0.0741. The lowest BCUT2D eigenvalue weighted by molar-refractivity contribution is -0.169. The van der Waals surface area contributed by atoms with Gasteiger partial charge in [0.2, 0.25) is 15.9 Å². The summed E-state index contributed by atoms with van der Waals surface area (Å²) >= 11 is 0. The number of nitrogens with one attached hydrogen (secondary N) is 2. The van der Waals surface area contributed by atoms with Crippen LogP contribution < -0.4 is 10.0 Å². The van der Waals surface area contributed by atoms with Crippen LogP contribution in [0.4, 0.5) is 13.2 Å². The smallest absolute Gasteiger partial charge is 0.347 e. The molecule has 7 nitrogen and oxygen atoms in total. The van der Waals surface area contributed by atoms with Crippen molar-refractivity contribution in [2.75, 3.05) is 19.6 Å². The van der Waals surface area contributed by atoms with Gasteiger partial charge in [-0.15, -0.1) is 0 Å². The van der Waals surface area contributed by atoms with Crippen LogP contribution in [-0.2, 0) is 21.9 Å². The molecule has 2 aliphatic carbocycles. The molecule has 192 valence electrons. The molecule has 2 heterocycles. The van der Waals surface area contributed by atoms with Crippen LogP contribution in [0.15, 0.2) is 29.2 Å². The molecule has 1 aliphatic heterocycles. The maximum Gasteiger partial charge on any atom is 0.405 e. The fourth-order valence-corrected chi connectivity index (χ4v) is 6.77. The quantitative estimate of drug-likeness (QED) is 0.644. The third kappa shape index (κ3) is 5.08. The topological polar surface area (TPSA) is 83.4 Å². The molecule has 2 saturated carbocycles. The lowest BCUT2D eigenvalue weighted by Crippen LogP contribution is -2.59. The van der Waals surface area contributed by atoms with Crippen molar-refractivity contribution in [1.29, 1.82) is 0 Å². The number of aromatic nitrogens is 1. The number of hydrogen-bond donors (Lipinski definition) is 2. The third-order valence-corrected chi connectivity index (χ3v) is 9.16. The van der Waals surface area contributed by atoms with Gasteiger partial charge in [0.25, 0.3) is 0 Å². The van der Waals surface area contributed by atoms with Crippen molar-refractivity contribution in [2.45, 2.75) is 67.6 Å². The molecule has 35 heavy (non-hydrogen) atoms. The summed E-state index contributed by atoms with van der Waals surface area (Å²) in [5, 5.41) is 3.44. The van der Waals surface area contributed by atoms with Crippen molar-refractivity contribution in [3.8, 4) is 0 Å². The average molecular weight is 513 g/mol. The number of benzene rings is 1. The van der Waals surface area contributed by atoms with Gasteiger partial charge in [0.1, 0.15) is 6.04 Å². The molecule has 2 N–H and O–H groups in total. The lowest BCUT2D eigenvalue weighted by atomic mass is 9.85. The molecule has 0 bridgehead atoms. The summed E-state index contributed by atoms with van der Waals surface area (Å²) in [4.78, 5) is 14.4. The van der Waals surface area contributed by atoms with Gasteiger partial charge in [0, 0.05) is 49.9 Å². The molecule has 1 unspecified atom stereocenters. The summed E-state index contributed by atoms with van der Waals surface area (Å²) in [7, 11) is -1.77. The normalized spacial score (nSPS) is 26.3. The van der Waals surface area contributed by atoms with E-state index >= 15 is 0 Å². The van der Waals surface area contributed by atoms with Gasteiger partial charge in [0.05, 0.1) is 4.90 Å². The van der Waals surface area contributed by atoms with Gasteiger partial charge in [-0.2, -0.15) is 13.2 Å².